The van der Waals surface area contributed by atoms with Crippen molar-refractivity contribution in [3.63, 3.8) is 0 Å². The lowest BCUT2D eigenvalue weighted by molar-refractivity contribution is 0.434. The molecule has 0 amide bonds. The maximum absolute atomic E-state index is 4.90. The van der Waals surface area contributed by atoms with Gasteiger partial charge < -0.3 is 0 Å². The minimum atomic E-state index is 0.614. The predicted octanol–water partition coefficient (Wildman–Crippen LogP) is 9.92. The van der Waals surface area contributed by atoms with Gasteiger partial charge in [0.1, 0.15) is 5.82 Å². The number of hydrogen-bond acceptors (Lipinski definition) is 1. The minimum absolute atomic E-state index is 0.614. The average Bonchev–Trinajstić information content (AvgIpc) is 3.43. The van der Waals surface area contributed by atoms with Crippen molar-refractivity contribution in [1.29, 1.82) is 0 Å². The molecule has 0 bridgehead atoms. The van der Waals surface area contributed by atoms with Gasteiger partial charge >= 0.3 is 0 Å². The molecular weight excluding hydrogens is 448 g/mol. The summed E-state index contributed by atoms with van der Waals surface area (Å²) in [6.45, 7) is 4.46. The molecule has 1 aromatic heterocycles. The summed E-state index contributed by atoms with van der Waals surface area (Å²) in [4.78, 5) is 4.90. The van der Waals surface area contributed by atoms with Crippen LogP contribution >= 0.6 is 0 Å². The van der Waals surface area contributed by atoms with Crippen molar-refractivity contribution in [3.8, 4) is 28.2 Å². The Balaban J connectivity index is 1.61. The van der Waals surface area contributed by atoms with Crippen molar-refractivity contribution in [2.75, 3.05) is 0 Å². The fourth-order valence-electron chi connectivity index (χ4n) is 7.00. The summed E-state index contributed by atoms with van der Waals surface area (Å²) >= 11 is 0. The van der Waals surface area contributed by atoms with Gasteiger partial charge in [0.2, 0.25) is 0 Å². The predicted molar refractivity (Wildman–Crippen MR) is 156 cm³/mol. The van der Waals surface area contributed by atoms with E-state index in [2.05, 4.69) is 85.3 Å². The Hall–Kier alpha value is -3.13. The summed E-state index contributed by atoms with van der Waals surface area (Å²) in [7, 11) is 0. The van der Waals surface area contributed by atoms with Crippen molar-refractivity contribution >= 4 is 0 Å². The third kappa shape index (κ3) is 5.04. The van der Waals surface area contributed by atoms with Gasteiger partial charge in [-0.1, -0.05) is 98.2 Å². The van der Waals surface area contributed by atoms with Crippen LogP contribution in [0.1, 0.15) is 98.3 Å². The molecule has 3 aromatic carbocycles. The highest BCUT2D eigenvalue weighted by molar-refractivity contribution is 5.72. The quantitative estimate of drug-likeness (QED) is 0.273. The molecule has 1 heterocycles. The van der Waals surface area contributed by atoms with Crippen molar-refractivity contribution in [3.05, 3.63) is 95.3 Å². The van der Waals surface area contributed by atoms with Crippen LogP contribution in [0.3, 0.4) is 0 Å². The number of rotatable bonds is 5. The number of hydrogen-bond donors (Lipinski definition) is 0. The molecule has 0 unspecified atom stereocenters. The first-order chi connectivity index (χ1) is 18.2. The van der Waals surface area contributed by atoms with Crippen LogP contribution in [0.15, 0.2) is 73.1 Å². The van der Waals surface area contributed by atoms with Gasteiger partial charge in [-0.05, 0) is 85.8 Å². The summed E-state index contributed by atoms with van der Waals surface area (Å²) in [6.07, 6.45) is 17.5. The van der Waals surface area contributed by atoms with E-state index < -0.39 is 0 Å². The van der Waals surface area contributed by atoms with Crippen LogP contribution < -0.4 is 0 Å². The maximum atomic E-state index is 4.90. The summed E-state index contributed by atoms with van der Waals surface area (Å²) in [5.41, 5.74) is 11.2. The maximum Gasteiger partial charge on any atom is 0.144 e. The van der Waals surface area contributed by atoms with Crippen LogP contribution in [0, 0.1) is 13.8 Å². The zero-order chi connectivity index (χ0) is 25.2. The van der Waals surface area contributed by atoms with Crippen molar-refractivity contribution < 1.29 is 0 Å². The SMILES string of the molecule is Cc1cc(C)cc(-c2cc(C3CCCCC3)c(-n3ccnc3-c3ccccc3)c(C3CCCCC3)c2)c1. The lowest BCUT2D eigenvalue weighted by atomic mass is 9.77. The van der Waals surface area contributed by atoms with Gasteiger partial charge in [0, 0.05) is 18.0 Å². The van der Waals surface area contributed by atoms with Crippen LogP contribution in [0.4, 0.5) is 0 Å². The van der Waals surface area contributed by atoms with E-state index in [0.29, 0.717) is 11.8 Å². The molecule has 0 saturated heterocycles. The van der Waals surface area contributed by atoms with Crippen LogP contribution in [0.25, 0.3) is 28.2 Å². The molecule has 37 heavy (non-hydrogen) atoms. The Kier molecular flexibility index (Phi) is 7.00. The molecule has 0 spiro atoms. The minimum Gasteiger partial charge on any atom is -0.299 e. The second-order valence-electron chi connectivity index (χ2n) is 11.5. The molecule has 0 radical (unpaired) electrons. The summed E-state index contributed by atoms with van der Waals surface area (Å²) in [5.74, 6) is 2.29. The monoisotopic (exact) mass is 488 g/mol. The third-order valence-electron chi connectivity index (χ3n) is 8.73. The van der Waals surface area contributed by atoms with E-state index in [-0.39, 0.29) is 0 Å². The Morgan fingerprint density at radius 1 is 0.622 bits per heavy atom. The number of aryl methyl sites for hydroxylation is 2. The van der Waals surface area contributed by atoms with E-state index in [4.69, 9.17) is 4.98 Å². The van der Waals surface area contributed by atoms with E-state index in [1.165, 1.54) is 97.7 Å². The van der Waals surface area contributed by atoms with Crippen molar-refractivity contribution in [2.45, 2.75) is 89.9 Å². The van der Waals surface area contributed by atoms with E-state index in [1.54, 1.807) is 11.1 Å². The lowest BCUT2D eigenvalue weighted by Gasteiger charge is -2.31. The van der Waals surface area contributed by atoms with Crippen LogP contribution in [0.5, 0.6) is 0 Å². The first-order valence-corrected chi connectivity index (χ1v) is 14.5. The van der Waals surface area contributed by atoms with Gasteiger partial charge in [-0.15, -0.1) is 0 Å². The number of nitrogens with zero attached hydrogens (tertiary/aromatic N) is 2. The van der Waals surface area contributed by atoms with E-state index >= 15 is 0 Å². The van der Waals surface area contributed by atoms with Gasteiger partial charge in [-0.25, -0.2) is 4.98 Å². The zero-order valence-electron chi connectivity index (χ0n) is 22.5. The smallest absolute Gasteiger partial charge is 0.144 e. The van der Waals surface area contributed by atoms with E-state index in [1.807, 2.05) is 6.20 Å². The van der Waals surface area contributed by atoms with Crippen LogP contribution in [0.2, 0.25) is 0 Å². The molecule has 2 nitrogen and oxygen atoms in total. The highest BCUT2D eigenvalue weighted by atomic mass is 15.1. The standard InChI is InChI=1S/C35H40N2/c1-25-20-26(2)22-30(21-25)31-23-32(27-12-6-3-7-13-27)34(33(24-31)28-14-8-4-9-15-28)37-19-18-36-35(37)29-16-10-5-11-17-29/h5,10-11,16-24,27-28H,3-4,6-9,12-15H2,1-2H3. The molecule has 0 aliphatic heterocycles. The molecule has 6 rings (SSSR count). The van der Waals surface area contributed by atoms with E-state index in [9.17, 15) is 0 Å². The van der Waals surface area contributed by atoms with Gasteiger partial charge in [-0.2, -0.15) is 0 Å². The fraction of sp³-hybridized carbons (Fsp3) is 0.400. The van der Waals surface area contributed by atoms with Gasteiger partial charge in [0.15, 0.2) is 0 Å². The van der Waals surface area contributed by atoms with Crippen LogP contribution in [-0.2, 0) is 0 Å². The molecule has 2 aliphatic carbocycles. The van der Waals surface area contributed by atoms with Gasteiger partial charge in [0.05, 0.1) is 5.69 Å². The zero-order valence-corrected chi connectivity index (χ0v) is 22.5. The Labute approximate surface area is 222 Å². The largest absolute Gasteiger partial charge is 0.299 e. The molecular formula is C35H40N2. The molecule has 2 aliphatic rings. The molecule has 2 fully saturated rings. The summed E-state index contributed by atoms with van der Waals surface area (Å²) in [6, 6.07) is 22.9. The number of benzene rings is 3. The molecule has 2 saturated carbocycles. The number of imidazole rings is 1. The number of aromatic nitrogens is 2. The van der Waals surface area contributed by atoms with Gasteiger partial charge in [0.25, 0.3) is 0 Å². The molecule has 0 atom stereocenters. The first-order valence-electron chi connectivity index (χ1n) is 14.5. The molecule has 2 heteroatoms. The second kappa shape index (κ2) is 10.7. The van der Waals surface area contributed by atoms with Crippen molar-refractivity contribution in [2.24, 2.45) is 0 Å². The van der Waals surface area contributed by atoms with Gasteiger partial charge in [-0.3, -0.25) is 4.57 Å². The average molecular weight is 489 g/mol. The highest BCUT2D eigenvalue weighted by Crippen LogP contribution is 2.45. The van der Waals surface area contributed by atoms with Crippen molar-refractivity contribution in [1.82, 2.24) is 9.55 Å². The fourth-order valence-corrected chi connectivity index (χ4v) is 7.00. The second-order valence-corrected chi connectivity index (χ2v) is 11.5. The lowest BCUT2D eigenvalue weighted by Crippen LogP contribution is -2.15. The normalized spacial score (nSPS) is 17.2. The first kappa shape index (κ1) is 24.2. The molecule has 0 N–H and O–H groups in total. The molecule has 190 valence electrons. The van der Waals surface area contributed by atoms with E-state index in [0.717, 1.165) is 5.82 Å². The molecule has 4 aromatic rings. The van der Waals surface area contributed by atoms with Crippen LogP contribution in [-0.4, -0.2) is 9.55 Å². The summed E-state index contributed by atoms with van der Waals surface area (Å²) < 4.78 is 2.44. The topological polar surface area (TPSA) is 17.8 Å². The Morgan fingerprint density at radius 3 is 1.73 bits per heavy atom. The third-order valence-corrected chi connectivity index (χ3v) is 8.73. The summed E-state index contributed by atoms with van der Waals surface area (Å²) in [5, 5.41) is 0. The highest BCUT2D eigenvalue weighted by Gasteiger charge is 2.28. The Bertz CT molecular complexity index is 1290. The Morgan fingerprint density at radius 2 is 1.16 bits per heavy atom.